The van der Waals surface area contributed by atoms with E-state index in [1.165, 1.54) is 10.4 Å². The Hall–Kier alpha value is -2.18. The first-order valence-corrected chi connectivity index (χ1v) is 11.8. The summed E-state index contributed by atoms with van der Waals surface area (Å²) in [6.07, 6.45) is 3.63. The first-order chi connectivity index (χ1) is 13.9. The second-order valence-corrected chi connectivity index (χ2v) is 10.00. The third-order valence-corrected chi connectivity index (χ3v) is 7.16. The van der Waals surface area contributed by atoms with E-state index >= 15 is 0 Å². The van der Waals surface area contributed by atoms with Crippen molar-refractivity contribution in [2.24, 2.45) is 5.92 Å². The molecule has 1 atom stereocenters. The molecule has 5 nitrogen and oxygen atoms in total. The van der Waals surface area contributed by atoms with Crippen LogP contribution < -0.4 is 5.32 Å². The van der Waals surface area contributed by atoms with Crippen LogP contribution in [0.15, 0.2) is 59.5 Å². The van der Waals surface area contributed by atoms with Crippen molar-refractivity contribution in [1.29, 1.82) is 0 Å². The normalized spacial score (nSPS) is 16.5. The standard InChI is InChI=1S/C23H30N2O3S/c1-18(2)16-22(19-10-5-3-6-11-19)24-23(26)20-12-9-13-21(17-20)29(27,28)25-14-7-4-8-15-25/h3,5-6,9-13,17-18,22H,4,7-8,14-16H2,1-2H3,(H,24,26)/t22-/m0/s1. The molecule has 1 saturated heterocycles. The summed E-state index contributed by atoms with van der Waals surface area (Å²) < 4.78 is 27.4. The molecule has 0 saturated carbocycles. The van der Waals surface area contributed by atoms with Crippen LogP contribution in [0, 0.1) is 5.92 Å². The molecule has 2 aromatic rings. The second-order valence-electron chi connectivity index (χ2n) is 8.06. The van der Waals surface area contributed by atoms with Crippen molar-refractivity contribution in [3.63, 3.8) is 0 Å². The number of amides is 1. The fourth-order valence-electron chi connectivity index (χ4n) is 3.73. The van der Waals surface area contributed by atoms with E-state index in [0.717, 1.165) is 31.2 Å². The zero-order valence-electron chi connectivity index (χ0n) is 17.2. The molecule has 2 aromatic carbocycles. The third kappa shape index (κ3) is 5.46. The van der Waals surface area contributed by atoms with Crippen molar-refractivity contribution in [1.82, 2.24) is 9.62 Å². The predicted molar refractivity (Wildman–Crippen MR) is 115 cm³/mol. The van der Waals surface area contributed by atoms with E-state index in [9.17, 15) is 13.2 Å². The molecule has 3 rings (SSSR count). The zero-order valence-corrected chi connectivity index (χ0v) is 18.0. The number of hydrogen-bond donors (Lipinski definition) is 1. The molecule has 1 N–H and O–H groups in total. The Kier molecular flexibility index (Phi) is 7.09. The minimum Gasteiger partial charge on any atom is -0.345 e. The van der Waals surface area contributed by atoms with Gasteiger partial charge in [0.15, 0.2) is 0 Å². The first-order valence-electron chi connectivity index (χ1n) is 10.3. The van der Waals surface area contributed by atoms with Crippen LogP contribution in [-0.2, 0) is 10.0 Å². The second kappa shape index (κ2) is 9.55. The minimum absolute atomic E-state index is 0.119. The highest BCUT2D eigenvalue weighted by molar-refractivity contribution is 7.89. The molecule has 0 aromatic heterocycles. The van der Waals surface area contributed by atoms with Crippen LogP contribution in [0.1, 0.15) is 61.5 Å². The number of hydrogen-bond acceptors (Lipinski definition) is 3. The average Bonchev–Trinajstić information content (AvgIpc) is 2.74. The minimum atomic E-state index is -3.56. The Morgan fingerprint density at radius 2 is 1.69 bits per heavy atom. The number of piperidine rings is 1. The molecule has 1 aliphatic heterocycles. The lowest BCUT2D eigenvalue weighted by molar-refractivity contribution is 0.0931. The lowest BCUT2D eigenvalue weighted by atomic mass is 9.96. The molecule has 1 amide bonds. The number of nitrogens with one attached hydrogen (secondary N) is 1. The van der Waals surface area contributed by atoms with Gasteiger partial charge in [-0.2, -0.15) is 4.31 Å². The first kappa shape index (κ1) is 21.5. The van der Waals surface area contributed by atoms with Crippen LogP contribution in [0.25, 0.3) is 0 Å². The van der Waals surface area contributed by atoms with Gasteiger partial charge >= 0.3 is 0 Å². The molecule has 0 bridgehead atoms. The van der Waals surface area contributed by atoms with Crippen molar-refractivity contribution >= 4 is 15.9 Å². The fourth-order valence-corrected chi connectivity index (χ4v) is 5.29. The van der Waals surface area contributed by atoms with E-state index < -0.39 is 10.0 Å². The zero-order chi connectivity index (χ0) is 20.9. The van der Waals surface area contributed by atoms with Gasteiger partial charge in [-0.05, 0) is 48.9 Å². The molecule has 1 aliphatic rings. The number of nitrogens with zero attached hydrogens (tertiary/aromatic N) is 1. The molecule has 6 heteroatoms. The van der Waals surface area contributed by atoms with Crippen LogP contribution >= 0.6 is 0 Å². The van der Waals surface area contributed by atoms with Gasteiger partial charge in [-0.25, -0.2) is 8.42 Å². The average molecular weight is 415 g/mol. The number of rotatable bonds is 7. The Morgan fingerprint density at radius 1 is 1.00 bits per heavy atom. The van der Waals surface area contributed by atoms with Gasteiger partial charge in [-0.1, -0.05) is 56.7 Å². The van der Waals surface area contributed by atoms with E-state index in [1.807, 2.05) is 30.3 Å². The molecule has 0 radical (unpaired) electrons. The quantitative estimate of drug-likeness (QED) is 0.731. The van der Waals surface area contributed by atoms with Gasteiger partial charge in [0, 0.05) is 18.7 Å². The molecule has 1 fully saturated rings. The summed E-state index contributed by atoms with van der Waals surface area (Å²) >= 11 is 0. The monoisotopic (exact) mass is 414 g/mol. The molecule has 29 heavy (non-hydrogen) atoms. The molecule has 156 valence electrons. The van der Waals surface area contributed by atoms with Crippen LogP contribution in [0.2, 0.25) is 0 Å². The van der Waals surface area contributed by atoms with E-state index in [-0.39, 0.29) is 16.8 Å². The Morgan fingerprint density at radius 3 is 2.34 bits per heavy atom. The summed E-state index contributed by atoms with van der Waals surface area (Å²) in [4.78, 5) is 13.1. The third-order valence-electron chi connectivity index (χ3n) is 5.26. The number of sulfonamides is 1. The van der Waals surface area contributed by atoms with Gasteiger partial charge in [0.05, 0.1) is 10.9 Å². The van der Waals surface area contributed by atoms with Crippen molar-refractivity contribution in [2.75, 3.05) is 13.1 Å². The summed E-state index contributed by atoms with van der Waals surface area (Å²) in [7, 11) is -3.56. The molecule has 0 aliphatic carbocycles. The largest absolute Gasteiger partial charge is 0.345 e. The van der Waals surface area contributed by atoms with E-state index in [4.69, 9.17) is 0 Å². The van der Waals surface area contributed by atoms with Gasteiger partial charge in [0.1, 0.15) is 0 Å². The van der Waals surface area contributed by atoms with Crippen LogP contribution in [0.5, 0.6) is 0 Å². The molecular formula is C23H30N2O3S. The van der Waals surface area contributed by atoms with Gasteiger partial charge < -0.3 is 5.32 Å². The lowest BCUT2D eigenvalue weighted by Crippen LogP contribution is -2.35. The Bertz CT molecular complexity index is 920. The molecule has 0 unspecified atom stereocenters. The fraction of sp³-hybridized carbons (Fsp3) is 0.435. The van der Waals surface area contributed by atoms with Crippen molar-refractivity contribution in [3.8, 4) is 0 Å². The topological polar surface area (TPSA) is 66.5 Å². The van der Waals surface area contributed by atoms with Gasteiger partial charge in [-0.3, -0.25) is 4.79 Å². The summed E-state index contributed by atoms with van der Waals surface area (Å²) in [5.74, 6) is 0.154. The number of carbonyl (C=O) groups excluding carboxylic acids is 1. The summed E-state index contributed by atoms with van der Waals surface area (Å²) in [6, 6.07) is 16.1. The van der Waals surface area contributed by atoms with Gasteiger partial charge in [0.2, 0.25) is 10.0 Å². The van der Waals surface area contributed by atoms with E-state index in [1.54, 1.807) is 18.2 Å². The highest BCUT2D eigenvalue weighted by Gasteiger charge is 2.27. The smallest absolute Gasteiger partial charge is 0.251 e. The summed E-state index contributed by atoms with van der Waals surface area (Å²) in [5.41, 5.74) is 1.42. The summed E-state index contributed by atoms with van der Waals surface area (Å²) in [6.45, 7) is 5.33. The van der Waals surface area contributed by atoms with Gasteiger partial charge in [-0.15, -0.1) is 0 Å². The summed E-state index contributed by atoms with van der Waals surface area (Å²) in [5, 5.41) is 3.09. The number of benzene rings is 2. The van der Waals surface area contributed by atoms with Gasteiger partial charge in [0.25, 0.3) is 5.91 Å². The molecule has 0 spiro atoms. The van der Waals surface area contributed by atoms with Crippen LogP contribution in [0.4, 0.5) is 0 Å². The lowest BCUT2D eigenvalue weighted by Gasteiger charge is -2.26. The van der Waals surface area contributed by atoms with E-state index in [0.29, 0.717) is 24.6 Å². The Labute approximate surface area is 174 Å². The maximum atomic E-state index is 12.9. The maximum Gasteiger partial charge on any atom is 0.251 e. The van der Waals surface area contributed by atoms with Crippen molar-refractivity contribution < 1.29 is 13.2 Å². The maximum absolute atomic E-state index is 12.9. The predicted octanol–water partition coefficient (Wildman–Crippen LogP) is 4.38. The van der Waals surface area contributed by atoms with Crippen LogP contribution in [-0.4, -0.2) is 31.7 Å². The Balaban J connectivity index is 1.81. The molecule has 1 heterocycles. The SMILES string of the molecule is CC(C)C[C@H](NC(=O)c1cccc(S(=O)(=O)N2CCCCC2)c1)c1ccccc1. The molecular weight excluding hydrogens is 384 g/mol. The van der Waals surface area contributed by atoms with Crippen LogP contribution in [0.3, 0.4) is 0 Å². The highest BCUT2D eigenvalue weighted by atomic mass is 32.2. The highest BCUT2D eigenvalue weighted by Crippen LogP contribution is 2.24. The number of carbonyl (C=O) groups is 1. The van der Waals surface area contributed by atoms with Crippen molar-refractivity contribution in [2.45, 2.75) is 50.5 Å². The van der Waals surface area contributed by atoms with E-state index in [2.05, 4.69) is 19.2 Å². The van der Waals surface area contributed by atoms with Crippen molar-refractivity contribution in [3.05, 3.63) is 65.7 Å².